The van der Waals surface area contributed by atoms with Gasteiger partial charge in [0, 0.05) is 12.8 Å². The van der Waals surface area contributed by atoms with Crippen LogP contribution >= 0.6 is 7.82 Å². The van der Waals surface area contributed by atoms with Gasteiger partial charge < -0.3 is 18.9 Å². The number of esters is 2. The zero-order valence-electron chi connectivity index (χ0n) is 36.3. The van der Waals surface area contributed by atoms with Crippen LogP contribution in [0, 0.1) is 0 Å². The summed E-state index contributed by atoms with van der Waals surface area (Å²) in [4.78, 5) is 35.3. The van der Waals surface area contributed by atoms with Gasteiger partial charge in [-0.2, -0.15) is 0 Å². The van der Waals surface area contributed by atoms with Gasteiger partial charge in [-0.25, -0.2) is 4.57 Å². The first-order valence-electron chi connectivity index (χ1n) is 22.0. The molecule has 0 bridgehead atoms. The predicted octanol–water partition coefficient (Wildman–Crippen LogP) is 12.5. The molecule has 0 aliphatic rings. The minimum absolute atomic E-state index is 0.0226. The third kappa shape index (κ3) is 41.3. The molecule has 0 heterocycles. The SMILES string of the molecule is CC/C=C\C/C=C\C/C=C\CCCCCC(=O)OC(COC(=O)CCCCCCCCCCC/C=C\C/C=C\CCCCC)COP(=O)(O)OCC[N+](C)(C)C. The normalized spacial score (nSPS) is 14.2. The molecule has 2 unspecified atom stereocenters. The molecule has 0 aromatic heterocycles. The monoisotopic (exact) mass is 809 g/mol. The summed E-state index contributed by atoms with van der Waals surface area (Å²) < 4.78 is 34.2. The number of phosphoric acid groups is 1. The van der Waals surface area contributed by atoms with Crippen LogP contribution in [0.25, 0.3) is 0 Å². The van der Waals surface area contributed by atoms with Crippen molar-refractivity contribution in [3.05, 3.63) is 60.8 Å². The quantitative estimate of drug-likeness (QED) is 0.0215. The van der Waals surface area contributed by atoms with Crippen LogP contribution in [0.15, 0.2) is 60.8 Å². The molecule has 0 amide bonds. The van der Waals surface area contributed by atoms with Gasteiger partial charge in [0.15, 0.2) is 6.10 Å². The summed E-state index contributed by atoms with van der Waals surface area (Å²) in [7, 11) is 1.44. The maximum Gasteiger partial charge on any atom is 0.472 e. The van der Waals surface area contributed by atoms with Crippen LogP contribution in [0.3, 0.4) is 0 Å². The number of carbonyl (C=O) groups excluding carboxylic acids is 2. The van der Waals surface area contributed by atoms with Crippen molar-refractivity contribution in [1.82, 2.24) is 0 Å². The van der Waals surface area contributed by atoms with Crippen molar-refractivity contribution in [2.75, 3.05) is 47.5 Å². The fraction of sp³-hybridized carbons (Fsp3) is 0.739. The highest BCUT2D eigenvalue weighted by Gasteiger charge is 2.27. The van der Waals surface area contributed by atoms with E-state index in [0.29, 0.717) is 17.4 Å². The first-order chi connectivity index (χ1) is 27.0. The van der Waals surface area contributed by atoms with E-state index in [4.69, 9.17) is 18.5 Å². The van der Waals surface area contributed by atoms with E-state index >= 15 is 0 Å². The standard InChI is InChI=1S/C46H82NO8P/c1-6-8-10-12-14-16-18-20-21-22-23-24-25-27-28-30-32-34-36-38-45(48)52-42-44(43-54-56(50,51)53-41-40-47(3,4)5)55-46(49)39-37-35-33-31-29-26-19-17-15-13-11-9-7-2/h9,11,14-17,20-21,26,29,44H,6-8,10,12-13,18-19,22-25,27-28,30-43H2,1-5H3/p+1/b11-9-,16-14-,17-15-,21-20-,29-26-. The molecule has 0 fully saturated rings. The van der Waals surface area contributed by atoms with E-state index < -0.39 is 26.5 Å². The summed E-state index contributed by atoms with van der Waals surface area (Å²) in [5.41, 5.74) is 0. The molecule has 324 valence electrons. The first-order valence-corrected chi connectivity index (χ1v) is 23.5. The Labute approximate surface area is 343 Å². The van der Waals surface area contributed by atoms with Crippen LogP contribution in [0.2, 0.25) is 0 Å². The summed E-state index contributed by atoms with van der Waals surface area (Å²) in [6.07, 6.45) is 45.6. The van der Waals surface area contributed by atoms with Crippen LogP contribution in [0.1, 0.15) is 168 Å². The zero-order chi connectivity index (χ0) is 41.4. The predicted molar refractivity (Wildman–Crippen MR) is 233 cm³/mol. The van der Waals surface area contributed by atoms with Crippen molar-refractivity contribution >= 4 is 19.8 Å². The fourth-order valence-corrected chi connectivity index (χ4v) is 6.33. The number of rotatable bonds is 39. The largest absolute Gasteiger partial charge is 0.472 e. The molecule has 0 spiro atoms. The van der Waals surface area contributed by atoms with Crippen molar-refractivity contribution in [2.45, 2.75) is 174 Å². The Kier molecular flexibility index (Phi) is 36.7. The highest BCUT2D eigenvalue weighted by atomic mass is 31.2. The van der Waals surface area contributed by atoms with Gasteiger partial charge in [0.2, 0.25) is 0 Å². The number of hydrogen-bond acceptors (Lipinski definition) is 7. The topological polar surface area (TPSA) is 108 Å². The molecule has 0 aliphatic heterocycles. The van der Waals surface area contributed by atoms with E-state index in [9.17, 15) is 19.0 Å². The lowest BCUT2D eigenvalue weighted by Gasteiger charge is -2.24. The average molecular weight is 809 g/mol. The van der Waals surface area contributed by atoms with E-state index in [1.807, 2.05) is 21.1 Å². The maximum atomic E-state index is 12.7. The summed E-state index contributed by atoms with van der Waals surface area (Å²) in [6, 6.07) is 0. The third-order valence-electron chi connectivity index (χ3n) is 9.03. The van der Waals surface area contributed by atoms with Gasteiger partial charge in [0.05, 0.1) is 27.7 Å². The second kappa shape index (κ2) is 38.2. The summed E-state index contributed by atoms with van der Waals surface area (Å²) >= 11 is 0. The lowest BCUT2D eigenvalue weighted by Crippen LogP contribution is -2.37. The molecule has 2 atom stereocenters. The van der Waals surface area contributed by atoms with Gasteiger partial charge in [0.1, 0.15) is 19.8 Å². The Morgan fingerprint density at radius 2 is 1.02 bits per heavy atom. The number of quaternary nitrogens is 1. The Hall–Kier alpha value is -2.29. The van der Waals surface area contributed by atoms with E-state index in [1.165, 1.54) is 70.6 Å². The van der Waals surface area contributed by atoms with Crippen molar-refractivity contribution in [1.29, 1.82) is 0 Å². The minimum atomic E-state index is -4.38. The highest BCUT2D eigenvalue weighted by Crippen LogP contribution is 2.43. The lowest BCUT2D eigenvalue weighted by atomic mass is 10.1. The van der Waals surface area contributed by atoms with E-state index in [0.717, 1.165) is 64.2 Å². The van der Waals surface area contributed by atoms with E-state index in [2.05, 4.69) is 74.6 Å². The molecule has 0 rings (SSSR count). The molecule has 0 aromatic carbocycles. The number of carbonyl (C=O) groups is 2. The van der Waals surface area contributed by atoms with Gasteiger partial charge in [-0.3, -0.25) is 18.6 Å². The van der Waals surface area contributed by atoms with Gasteiger partial charge >= 0.3 is 19.8 Å². The lowest BCUT2D eigenvalue weighted by molar-refractivity contribution is -0.870. The Morgan fingerprint density at radius 3 is 1.54 bits per heavy atom. The van der Waals surface area contributed by atoms with Gasteiger partial charge in [-0.15, -0.1) is 0 Å². The Balaban J connectivity index is 4.36. The number of hydrogen-bond donors (Lipinski definition) is 1. The minimum Gasteiger partial charge on any atom is -0.462 e. The molecular formula is C46H83NO8P+. The van der Waals surface area contributed by atoms with Crippen LogP contribution in [-0.2, 0) is 32.7 Å². The van der Waals surface area contributed by atoms with E-state index in [-0.39, 0.29) is 32.0 Å². The molecule has 0 aromatic rings. The summed E-state index contributed by atoms with van der Waals surface area (Å²) in [6.45, 7) is 4.23. The van der Waals surface area contributed by atoms with Crippen LogP contribution in [-0.4, -0.2) is 74.9 Å². The first kappa shape index (κ1) is 53.7. The van der Waals surface area contributed by atoms with Crippen LogP contribution in [0.5, 0.6) is 0 Å². The molecule has 10 heteroatoms. The van der Waals surface area contributed by atoms with Crippen molar-refractivity contribution in [3.8, 4) is 0 Å². The molecule has 9 nitrogen and oxygen atoms in total. The Morgan fingerprint density at radius 1 is 0.571 bits per heavy atom. The van der Waals surface area contributed by atoms with Crippen molar-refractivity contribution in [3.63, 3.8) is 0 Å². The summed E-state index contributed by atoms with van der Waals surface area (Å²) in [5.74, 6) is -0.842. The van der Waals surface area contributed by atoms with Gasteiger partial charge in [-0.1, -0.05) is 139 Å². The molecule has 0 aliphatic carbocycles. The van der Waals surface area contributed by atoms with Crippen molar-refractivity contribution in [2.24, 2.45) is 0 Å². The molecule has 0 saturated carbocycles. The number of unbranched alkanes of at least 4 members (excludes halogenated alkanes) is 15. The molecular weight excluding hydrogens is 725 g/mol. The molecule has 0 radical (unpaired) electrons. The van der Waals surface area contributed by atoms with Crippen LogP contribution < -0.4 is 0 Å². The number of nitrogens with zero attached hydrogens (tertiary/aromatic N) is 1. The smallest absolute Gasteiger partial charge is 0.462 e. The molecule has 0 saturated heterocycles. The Bertz CT molecular complexity index is 1140. The third-order valence-corrected chi connectivity index (χ3v) is 10.0. The van der Waals surface area contributed by atoms with Crippen molar-refractivity contribution < 1.29 is 42.1 Å². The highest BCUT2D eigenvalue weighted by molar-refractivity contribution is 7.47. The maximum absolute atomic E-state index is 12.7. The molecule has 1 N–H and O–H groups in total. The second-order valence-corrected chi connectivity index (χ2v) is 17.1. The van der Waals surface area contributed by atoms with E-state index in [1.54, 1.807) is 0 Å². The average Bonchev–Trinajstić information content (AvgIpc) is 3.15. The fourth-order valence-electron chi connectivity index (χ4n) is 5.59. The second-order valence-electron chi connectivity index (χ2n) is 15.7. The van der Waals surface area contributed by atoms with Gasteiger partial charge in [-0.05, 0) is 77.0 Å². The number of allylic oxidation sites excluding steroid dienone is 10. The zero-order valence-corrected chi connectivity index (χ0v) is 37.2. The van der Waals surface area contributed by atoms with Crippen LogP contribution in [0.4, 0.5) is 0 Å². The van der Waals surface area contributed by atoms with Gasteiger partial charge in [0.25, 0.3) is 0 Å². The number of ether oxygens (including phenoxy) is 2. The molecule has 56 heavy (non-hydrogen) atoms. The number of phosphoric ester groups is 1. The summed E-state index contributed by atoms with van der Waals surface area (Å²) in [5, 5.41) is 0. The number of likely N-dealkylation sites (N-methyl/N-ethyl adjacent to an activating group) is 1.